The first-order chi connectivity index (χ1) is 15.3. The Bertz CT molecular complexity index is 1030. The molecule has 0 bridgehead atoms. The van der Waals surface area contributed by atoms with Crippen LogP contribution in [0.3, 0.4) is 0 Å². The molecule has 8 heteroatoms. The van der Waals surface area contributed by atoms with Crippen molar-refractivity contribution in [3.05, 3.63) is 77.8 Å². The second kappa shape index (κ2) is 9.34. The topological polar surface area (TPSA) is 45.8 Å². The third kappa shape index (κ3) is 5.69. The van der Waals surface area contributed by atoms with Crippen LogP contribution in [0, 0.1) is 5.82 Å². The molecular formula is C24H23F4NO3. The Balaban J connectivity index is 1.39. The van der Waals surface area contributed by atoms with Crippen molar-refractivity contribution >= 4 is 0 Å². The third-order valence-corrected chi connectivity index (χ3v) is 5.28. The highest BCUT2D eigenvalue weighted by atomic mass is 19.4. The van der Waals surface area contributed by atoms with E-state index in [0.29, 0.717) is 24.6 Å². The summed E-state index contributed by atoms with van der Waals surface area (Å²) in [6.07, 6.45) is -3.30. The van der Waals surface area contributed by atoms with Crippen LogP contribution in [-0.4, -0.2) is 35.3 Å². The zero-order valence-corrected chi connectivity index (χ0v) is 17.2. The molecule has 4 nitrogen and oxygen atoms in total. The van der Waals surface area contributed by atoms with Gasteiger partial charge < -0.3 is 14.3 Å². The lowest BCUT2D eigenvalue weighted by molar-refractivity contribution is -0.137. The lowest BCUT2D eigenvalue weighted by Gasteiger charge is -2.24. The molecule has 2 aromatic carbocycles. The van der Waals surface area contributed by atoms with Crippen LogP contribution in [0.5, 0.6) is 5.75 Å². The van der Waals surface area contributed by atoms with Gasteiger partial charge in [-0.3, -0.25) is 4.90 Å². The minimum atomic E-state index is -4.47. The summed E-state index contributed by atoms with van der Waals surface area (Å²) in [4.78, 5) is 2.04. The normalized spacial score (nSPS) is 15.2. The molecule has 32 heavy (non-hydrogen) atoms. The van der Waals surface area contributed by atoms with Crippen LogP contribution >= 0.6 is 0 Å². The van der Waals surface area contributed by atoms with Crippen molar-refractivity contribution in [2.45, 2.75) is 37.7 Å². The Labute approximate surface area is 183 Å². The highest BCUT2D eigenvalue weighted by Gasteiger charge is 2.34. The first kappa shape index (κ1) is 22.4. The van der Waals surface area contributed by atoms with Crippen LogP contribution in [0.1, 0.15) is 24.2 Å². The minimum absolute atomic E-state index is 0.00282. The van der Waals surface area contributed by atoms with E-state index < -0.39 is 17.8 Å². The van der Waals surface area contributed by atoms with Crippen LogP contribution in [0.2, 0.25) is 0 Å². The number of alkyl halides is 3. The van der Waals surface area contributed by atoms with E-state index in [1.165, 1.54) is 36.4 Å². The number of ether oxygens (including phenoxy) is 1. The first-order valence-electron chi connectivity index (χ1n) is 10.4. The van der Waals surface area contributed by atoms with E-state index >= 15 is 0 Å². The van der Waals surface area contributed by atoms with Gasteiger partial charge in [0, 0.05) is 18.2 Å². The number of hydrogen-bond donors (Lipinski definition) is 1. The Morgan fingerprint density at radius 1 is 1.03 bits per heavy atom. The van der Waals surface area contributed by atoms with Gasteiger partial charge in [0.15, 0.2) is 0 Å². The summed E-state index contributed by atoms with van der Waals surface area (Å²) in [6.45, 7) is 0.727. The summed E-state index contributed by atoms with van der Waals surface area (Å²) < 4.78 is 64.2. The molecule has 0 aliphatic heterocycles. The van der Waals surface area contributed by atoms with Crippen LogP contribution < -0.4 is 4.74 Å². The lowest BCUT2D eigenvalue weighted by Crippen LogP contribution is -2.36. The number of aliphatic hydroxyl groups excluding tert-OH is 1. The summed E-state index contributed by atoms with van der Waals surface area (Å²) >= 11 is 0. The van der Waals surface area contributed by atoms with Gasteiger partial charge in [-0.2, -0.15) is 13.2 Å². The van der Waals surface area contributed by atoms with Crippen LogP contribution in [0.25, 0.3) is 11.3 Å². The molecule has 4 rings (SSSR count). The number of furan rings is 1. The molecule has 1 fully saturated rings. The highest BCUT2D eigenvalue weighted by molar-refractivity contribution is 5.63. The van der Waals surface area contributed by atoms with E-state index in [1.54, 1.807) is 18.2 Å². The van der Waals surface area contributed by atoms with E-state index in [4.69, 9.17) is 9.15 Å². The second-order valence-corrected chi connectivity index (χ2v) is 7.89. The average molecular weight is 449 g/mol. The lowest BCUT2D eigenvalue weighted by atomic mass is 10.1. The van der Waals surface area contributed by atoms with Gasteiger partial charge in [0.05, 0.1) is 12.1 Å². The van der Waals surface area contributed by atoms with Crippen molar-refractivity contribution in [1.82, 2.24) is 4.90 Å². The molecule has 1 aliphatic carbocycles. The molecule has 0 spiro atoms. The molecular weight excluding hydrogens is 426 g/mol. The van der Waals surface area contributed by atoms with E-state index in [1.807, 2.05) is 4.90 Å². The molecule has 0 amide bonds. The summed E-state index contributed by atoms with van der Waals surface area (Å²) in [5.74, 6) is 0.773. The Kier molecular flexibility index (Phi) is 6.53. The molecule has 0 saturated heterocycles. The SMILES string of the molecule is OC(COc1ccc(F)cc1)CN(Cc1ccc(-c2ccccc2C(F)(F)F)o1)C1CC1. The smallest absolute Gasteiger partial charge is 0.417 e. The predicted molar refractivity (Wildman–Crippen MR) is 110 cm³/mol. The molecule has 1 aromatic heterocycles. The van der Waals surface area contributed by atoms with Gasteiger partial charge in [0.25, 0.3) is 0 Å². The fraction of sp³-hybridized carbons (Fsp3) is 0.333. The molecule has 170 valence electrons. The molecule has 1 N–H and O–H groups in total. The first-order valence-corrected chi connectivity index (χ1v) is 10.4. The maximum absolute atomic E-state index is 13.3. The predicted octanol–water partition coefficient (Wildman–Crippen LogP) is 5.51. The van der Waals surface area contributed by atoms with E-state index in [9.17, 15) is 22.7 Å². The summed E-state index contributed by atoms with van der Waals surface area (Å²) in [5.41, 5.74) is -0.745. The average Bonchev–Trinajstić information content (AvgIpc) is 3.51. The molecule has 1 unspecified atom stereocenters. The monoisotopic (exact) mass is 449 g/mol. The Morgan fingerprint density at radius 2 is 1.75 bits per heavy atom. The Morgan fingerprint density at radius 3 is 2.44 bits per heavy atom. The third-order valence-electron chi connectivity index (χ3n) is 5.28. The summed E-state index contributed by atoms with van der Waals surface area (Å²) in [7, 11) is 0. The van der Waals surface area contributed by atoms with Gasteiger partial charge in [-0.05, 0) is 55.3 Å². The minimum Gasteiger partial charge on any atom is -0.491 e. The number of nitrogens with zero attached hydrogens (tertiary/aromatic N) is 1. The van der Waals surface area contributed by atoms with Crippen molar-refractivity contribution < 1.29 is 31.8 Å². The maximum Gasteiger partial charge on any atom is 0.417 e. The zero-order chi connectivity index (χ0) is 22.7. The maximum atomic E-state index is 13.3. The zero-order valence-electron chi connectivity index (χ0n) is 17.2. The van der Waals surface area contributed by atoms with Gasteiger partial charge in [0.1, 0.15) is 35.8 Å². The van der Waals surface area contributed by atoms with E-state index in [2.05, 4.69) is 0 Å². The molecule has 1 aliphatic rings. The standard InChI is InChI=1S/C24H23F4NO3/c25-16-5-9-19(10-6-16)31-15-18(30)13-29(17-7-8-17)14-20-11-12-23(32-20)21-3-1-2-4-22(21)24(26,27)28/h1-6,9-12,17-18,30H,7-8,13-15H2. The fourth-order valence-electron chi connectivity index (χ4n) is 3.58. The van der Waals surface area contributed by atoms with Gasteiger partial charge in [-0.25, -0.2) is 4.39 Å². The van der Waals surface area contributed by atoms with Crippen molar-refractivity contribution in [3.8, 4) is 17.1 Å². The number of aliphatic hydroxyl groups is 1. The quantitative estimate of drug-likeness (QED) is 0.438. The summed E-state index contributed by atoms with van der Waals surface area (Å²) in [5, 5.41) is 10.4. The van der Waals surface area contributed by atoms with Gasteiger partial charge in [-0.1, -0.05) is 18.2 Å². The molecule has 1 heterocycles. The number of rotatable bonds is 9. The highest BCUT2D eigenvalue weighted by Crippen LogP contribution is 2.38. The van der Waals surface area contributed by atoms with Gasteiger partial charge in [-0.15, -0.1) is 0 Å². The van der Waals surface area contributed by atoms with E-state index in [-0.39, 0.29) is 29.8 Å². The van der Waals surface area contributed by atoms with Crippen LogP contribution in [0.4, 0.5) is 17.6 Å². The number of hydrogen-bond acceptors (Lipinski definition) is 4. The number of benzene rings is 2. The van der Waals surface area contributed by atoms with Crippen molar-refractivity contribution in [2.24, 2.45) is 0 Å². The second-order valence-electron chi connectivity index (χ2n) is 7.89. The van der Waals surface area contributed by atoms with Gasteiger partial charge in [0.2, 0.25) is 0 Å². The summed E-state index contributed by atoms with van der Waals surface area (Å²) in [6, 6.07) is 14.3. The van der Waals surface area contributed by atoms with Crippen molar-refractivity contribution in [1.29, 1.82) is 0 Å². The van der Waals surface area contributed by atoms with Crippen molar-refractivity contribution in [2.75, 3.05) is 13.2 Å². The largest absolute Gasteiger partial charge is 0.491 e. The van der Waals surface area contributed by atoms with E-state index in [0.717, 1.165) is 18.9 Å². The van der Waals surface area contributed by atoms with Gasteiger partial charge >= 0.3 is 6.18 Å². The van der Waals surface area contributed by atoms with Crippen LogP contribution in [-0.2, 0) is 12.7 Å². The molecule has 1 atom stereocenters. The Hall–Kier alpha value is -2.84. The molecule has 0 radical (unpaired) electrons. The van der Waals surface area contributed by atoms with Crippen molar-refractivity contribution in [3.63, 3.8) is 0 Å². The molecule has 3 aromatic rings. The fourth-order valence-corrected chi connectivity index (χ4v) is 3.58. The van der Waals surface area contributed by atoms with Crippen LogP contribution in [0.15, 0.2) is 65.1 Å². The molecule has 1 saturated carbocycles. The number of halogens is 4.